The summed E-state index contributed by atoms with van der Waals surface area (Å²) >= 11 is 0. The molecule has 0 heterocycles. The lowest BCUT2D eigenvalue weighted by molar-refractivity contribution is -0.220. The number of carbonyl (C=O) groups excluding carboxylic acids is 2. The molecule has 63 heavy (non-hydrogen) atoms. The van der Waals surface area contributed by atoms with Crippen molar-refractivity contribution in [2.24, 2.45) is 0 Å². The number of aliphatic hydroxyl groups is 5. The van der Waals surface area contributed by atoms with Crippen LogP contribution in [0, 0.1) is 0 Å². The van der Waals surface area contributed by atoms with Crippen LogP contribution < -0.4 is 0 Å². The number of ether oxygens (including phenoxy) is 2. The Balaban J connectivity index is 2.39. The lowest BCUT2D eigenvalue weighted by atomic mass is 9.85. The molecule has 13 nitrogen and oxygen atoms in total. The molecule has 0 radical (unpaired) electrons. The largest absolute Gasteiger partial charge is 0.472 e. The molecule has 0 aliphatic heterocycles. The van der Waals surface area contributed by atoms with Crippen LogP contribution in [-0.2, 0) is 32.7 Å². The van der Waals surface area contributed by atoms with Gasteiger partial charge in [-0.1, -0.05) is 186 Å². The highest BCUT2D eigenvalue weighted by Gasteiger charge is 2.51. The maximum absolute atomic E-state index is 12.8. The van der Waals surface area contributed by atoms with E-state index in [1.165, 1.54) is 135 Å². The molecule has 0 amide bonds. The molecule has 0 spiro atoms. The van der Waals surface area contributed by atoms with E-state index in [0.717, 1.165) is 38.5 Å². The second-order valence-corrected chi connectivity index (χ2v) is 19.1. The quantitative estimate of drug-likeness (QED) is 0.0146. The number of hydrogen-bond acceptors (Lipinski definition) is 12. The normalized spacial score (nSPS) is 21.8. The standard InChI is InChI=1S/C49H91O13P/c1-3-5-7-9-11-13-15-16-17-18-19-20-21-22-23-24-25-26-28-30-32-34-36-38-43(51)61-41(39-59-42(50)37-35-33-31-29-27-14-12-10-8-6-4-2)40-60-63(57,58)62-49-47(55)45(53)44(52)46(54)48(49)56/h24-25,30,32,41,44-49,52-56H,3-23,26-29,31,33-40H2,1-2H3,(H,57,58)/b25-24+,32-30+/t41-,44?,45-,46?,47?,48?,49?/m1/s1. The molecule has 0 aromatic carbocycles. The van der Waals surface area contributed by atoms with Crippen molar-refractivity contribution >= 4 is 19.8 Å². The topological polar surface area (TPSA) is 210 Å². The smallest absolute Gasteiger partial charge is 0.462 e. The molecular weight excluding hydrogens is 828 g/mol. The van der Waals surface area contributed by atoms with Gasteiger partial charge in [-0.25, -0.2) is 4.57 Å². The molecule has 6 N–H and O–H groups in total. The molecule has 1 aliphatic carbocycles. The number of rotatable bonds is 42. The molecule has 0 saturated heterocycles. The first-order chi connectivity index (χ1) is 30.4. The summed E-state index contributed by atoms with van der Waals surface area (Å²) in [5.41, 5.74) is 0. The lowest BCUT2D eigenvalue weighted by Gasteiger charge is -2.41. The lowest BCUT2D eigenvalue weighted by Crippen LogP contribution is -2.64. The summed E-state index contributed by atoms with van der Waals surface area (Å²) in [6.45, 7) is 3.28. The van der Waals surface area contributed by atoms with Crippen molar-refractivity contribution in [1.82, 2.24) is 0 Å². The van der Waals surface area contributed by atoms with Crippen molar-refractivity contribution < 1.29 is 63.1 Å². The fraction of sp³-hybridized carbons (Fsp3) is 0.878. The van der Waals surface area contributed by atoms with Gasteiger partial charge >= 0.3 is 19.8 Å². The zero-order chi connectivity index (χ0) is 46.4. The van der Waals surface area contributed by atoms with E-state index in [-0.39, 0.29) is 12.8 Å². The highest BCUT2D eigenvalue weighted by Crippen LogP contribution is 2.47. The van der Waals surface area contributed by atoms with Crippen LogP contribution >= 0.6 is 7.82 Å². The Morgan fingerprint density at radius 3 is 1.30 bits per heavy atom. The fourth-order valence-corrected chi connectivity index (χ4v) is 8.69. The molecule has 8 atom stereocenters. The summed E-state index contributed by atoms with van der Waals surface area (Å²) in [5, 5.41) is 50.2. The summed E-state index contributed by atoms with van der Waals surface area (Å²) in [4.78, 5) is 35.7. The maximum atomic E-state index is 12.8. The Kier molecular flexibility index (Phi) is 37.2. The van der Waals surface area contributed by atoms with Gasteiger partial charge in [0.15, 0.2) is 6.10 Å². The number of hydrogen-bond donors (Lipinski definition) is 6. The van der Waals surface area contributed by atoms with E-state index in [2.05, 4.69) is 32.1 Å². The summed E-state index contributed by atoms with van der Waals surface area (Å²) in [6.07, 6.45) is 31.1. The van der Waals surface area contributed by atoms with Crippen molar-refractivity contribution in [2.75, 3.05) is 13.2 Å². The Bertz CT molecular complexity index is 1200. The van der Waals surface area contributed by atoms with Crippen LogP contribution in [0.3, 0.4) is 0 Å². The Morgan fingerprint density at radius 2 is 0.841 bits per heavy atom. The van der Waals surface area contributed by atoms with Crippen molar-refractivity contribution in [3.8, 4) is 0 Å². The van der Waals surface area contributed by atoms with Gasteiger partial charge in [-0.15, -0.1) is 0 Å². The van der Waals surface area contributed by atoms with Gasteiger partial charge in [0, 0.05) is 12.8 Å². The number of carbonyl (C=O) groups is 2. The number of unbranched alkanes of at least 4 members (excludes halogenated alkanes) is 26. The van der Waals surface area contributed by atoms with E-state index in [1.54, 1.807) is 0 Å². The minimum atomic E-state index is -5.12. The first-order valence-electron chi connectivity index (χ1n) is 25.1. The Labute approximate surface area is 381 Å². The number of phosphoric acid groups is 1. The minimum Gasteiger partial charge on any atom is -0.462 e. The first kappa shape index (κ1) is 59.3. The Morgan fingerprint density at radius 1 is 0.476 bits per heavy atom. The highest BCUT2D eigenvalue weighted by molar-refractivity contribution is 7.47. The molecular formula is C49H91O13P. The second-order valence-electron chi connectivity index (χ2n) is 17.7. The molecule has 1 aliphatic rings. The van der Waals surface area contributed by atoms with Crippen LogP contribution in [0.2, 0.25) is 0 Å². The van der Waals surface area contributed by atoms with Crippen LogP contribution in [0.15, 0.2) is 24.3 Å². The monoisotopic (exact) mass is 919 g/mol. The molecule has 370 valence electrons. The van der Waals surface area contributed by atoms with E-state index in [4.69, 9.17) is 18.5 Å². The number of aliphatic hydroxyl groups excluding tert-OH is 5. The number of esters is 2. The summed E-state index contributed by atoms with van der Waals surface area (Å²) < 4.78 is 33.5. The van der Waals surface area contributed by atoms with Crippen LogP contribution in [0.5, 0.6) is 0 Å². The van der Waals surface area contributed by atoms with Gasteiger partial charge in [0.1, 0.15) is 43.2 Å². The van der Waals surface area contributed by atoms with Gasteiger partial charge in [0.2, 0.25) is 0 Å². The van der Waals surface area contributed by atoms with Crippen molar-refractivity contribution in [3.63, 3.8) is 0 Å². The highest BCUT2D eigenvalue weighted by atomic mass is 31.2. The van der Waals surface area contributed by atoms with Crippen LogP contribution in [0.25, 0.3) is 0 Å². The van der Waals surface area contributed by atoms with Gasteiger partial charge in [-0.3, -0.25) is 18.6 Å². The second kappa shape index (κ2) is 39.5. The molecule has 1 rings (SSSR count). The van der Waals surface area contributed by atoms with Gasteiger partial charge in [0.25, 0.3) is 0 Å². The van der Waals surface area contributed by atoms with E-state index >= 15 is 0 Å². The third-order valence-corrected chi connectivity index (χ3v) is 12.8. The zero-order valence-electron chi connectivity index (χ0n) is 39.4. The average molecular weight is 919 g/mol. The molecule has 1 fully saturated rings. The van der Waals surface area contributed by atoms with E-state index < -0.39 is 75.7 Å². The molecule has 0 bridgehead atoms. The number of phosphoric ester groups is 1. The predicted octanol–water partition coefficient (Wildman–Crippen LogP) is 10.4. The van der Waals surface area contributed by atoms with Crippen LogP contribution in [-0.4, -0.2) is 98.3 Å². The molecule has 0 aromatic heterocycles. The van der Waals surface area contributed by atoms with Crippen LogP contribution in [0.4, 0.5) is 0 Å². The van der Waals surface area contributed by atoms with Gasteiger partial charge in [0.05, 0.1) is 6.61 Å². The molecule has 0 aromatic rings. The van der Waals surface area contributed by atoms with Crippen molar-refractivity contribution in [2.45, 2.75) is 262 Å². The van der Waals surface area contributed by atoms with E-state index in [9.17, 15) is 44.6 Å². The maximum Gasteiger partial charge on any atom is 0.472 e. The third kappa shape index (κ3) is 31.8. The summed E-state index contributed by atoms with van der Waals surface area (Å²) in [6, 6.07) is 0. The van der Waals surface area contributed by atoms with E-state index in [0.29, 0.717) is 19.3 Å². The summed E-state index contributed by atoms with van der Waals surface area (Å²) in [7, 11) is -5.12. The van der Waals surface area contributed by atoms with Gasteiger partial charge in [-0.2, -0.15) is 0 Å². The predicted molar refractivity (Wildman–Crippen MR) is 249 cm³/mol. The first-order valence-corrected chi connectivity index (χ1v) is 26.6. The van der Waals surface area contributed by atoms with E-state index in [1.807, 2.05) is 6.08 Å². The average Bonchev–Trinajstić information content (AvgIpc) is 3.26. The Hall–Kier alpha value is -1.67. The molecule has 1 saturated carbocycles. The van der Waals surface area contributed by atoms with Crippen molar-refractivity contribution in [3.05, 3.63) is 24.3 Å². The van der Waals surface area contributed by atoms with Gasteiger partial charge in [-0.05, 0) is 44.9 Å². The molecule has 6 unspecified atom stereocenters. The summed E-state index contributed by atoms with van der Waals surface area (Å²) in [5.74, 6) is -1.14. The van der Waals surface area contributed by atoms with Crippen LogP contribution in [0.1, 0.15) is 219 Å². The fourth-order valence-electron chi connectivity index (χ4n) is 7.72. The minimum absolute atomic E-state index is 0.0401. The zero-order valence-corrected chi connectivity index (χ0v) is 40.3. The van der Waals surface area contributed by atoms with Crippen molar-refractivity contribution in [1.29, 1.82) is 0 Å². The third-order valence-electron chi connectivity index (χ3n) is 11.8. The SMILES string of the molecule is CCCCCCCCCCCCCCCC/C=C/CC/C=C/CCCC(=O)O[C@H](COC(=O)CCCCCCCCCCCCC)COP(=O)(O)OC1C(O)C(O)C(O)[C@@H](O)C1O. The number of allylic oxidation sites excluding steroid dienone is 4. The molecule has 14 heteroatoms. The van der Waals surface area contributed by atoms with Gasteiger partial charge < -0.3 is 39.9 Å².